The SMILES string of the molecule is CC1(c2cccc(F)c2)CN=C(N)N1c1ccccc1Cl. The Hall–Kier alpha value is -2.07. The number of rotatable bonds is 2. The Bertz CT molecular complexity index is 716. The number of aliphatic imine (C=N–C) groups is 1. The summed E-state index contributed by atoms with van der Waals surface area (Å²) >= 11 is 6.29. The molecule has 0 saturated carbocycles. The van der Waals surface area contributed by atoms with Gasteiger partial charge in [0.05, 0.1) is 22.8 Å². The number of nitrogens with two attached hydrogens (primary N) is 1. The first-order valence-electron chi connectivity index (χ1n) is 6.63. The summed E-state index contributed by atoms with van der Waals surface area (Å²) in [6, 6.07) is 13.9. The van der Waals surface area contributed by atoms with Crippen molar-refractivity contribution in [2.75, 3.05) is 11.4 Å². The summed E-state index contributed by atoms with van der Waals surface area (Å²) in [5.74, 6) is 0.105. The Morgan fingerprint density at radius 2 is 2.00 bits per heavy atom. The molecule has 0 bridgehead atoms. The monoisotopic (exact) mass is 303 g/mol. The molecule has 2 aromatic rings. The van der Waals surface area contributed by atoms with Crippen molar-refractivity contribution in [2.45, 2.75) is 12.5 Å². The third-order valence-electron chi connectivity index (χ3n) is 3.81. The van der Waals surface area contributed by atoms with E-state index in [4.69, 9.17) is 17.3 Å². The van der Waals surface area contributed by atoms with Gasteiger partial charge in [-0.05, 0) is 36.8 Å². The Morgan fingerprint density at radius 3 is 2.71 bits per heavy atom. The Labute approximate surface area is 127 Å². The summed E-state index contributed by atoms with van der Waals surface area (Å²) in [5.41, 5.74) is 7.08. The van der Waals surface area contributed by atoms with Crippen molar-refractivity contribution >= 4 is 23.2 Å². The van der Waals surface area contributed by atoms with Crippen LogP contribution in [0.15, 0.2) is 53.5 Å². The molecule has 1 heterocycles. The van der Waals surface area contributed by atoms with E-state index in [0.717, 1.165) is 11.3 Å². The molecule has 2 aromatic carbocycles. The standard InChI is InChI=1S/C16H15ClFN3/c1-16(11-5-4-6-12(18)9-11)10-20-15(19)21(16)14-8-3-2-7-13(14)17/h2-9H,10H2,1H3,(H2,19,20). The van der Waals surface area contributed by atoms with Crippen molar-refractivity contribution in [2.24, 2.45) is 10.7 Å². The van der Waals surface area contributed by atoms with Crippen LogP contribution in [-0.4, -0.2) is 12.5 Å². The molecule has 1 atom stereocenters. The van der Waals surface area contributed by atoms with E-state index in [1.807, 2.05) is 36.1 Å². The molecule has 0 fully saturated rings. The normalized spacial score (nSPS) is 21.5. The zero-order chi connectivity index (χ0) is 15.0. The molecule has 1 aliphatic heterocycles. The minimum absolute atomic E-state index is 0.279. The summed E-state index contributed by atoms with van der Waals surface area (Å²) in [7, 11) is 0. The van der Waals surface area contributed by atoms with Crippen LogP contribution in [0.25, 0.3) is 0 Å². The molecule has 0 aliphatic carbocycles. The first-order valence-corrected chi connectivity index (χ1v) is 7.01. The molecule has 0 aromatic heterocycles. The summed E-state index contributed by atoms with van der Waals surface area (Å²) in [4.78, 5) is 6.20. The lowest BCUT2D eigenvalue weighted by molar-refractivity contribution is 0.525. The number of hydrogen-bond donors (Lipinski definition) is 1. The molecule has 0 amide bonds. The topological polar surface area (TPSA) is 41.6 Å². The van der Waals surface area contributed by atoms with E-state index in [9.17, 15) is 4.39 Å². The molecule has 0 spiro atoms. The van der Waals surface area contributed by atoms with Gasteiger partial charge < -0.3 is 5.73 Å². The van der Waals surface area contributed by atoms with Crippen molar-refractivity contribution in [1.82, 2.24) is 0 Å². The fraction of sp³-hybridized carbons (Fsp3) is 0.188. The predicted octanol–water partition coefficient (Wildman–Crippen LogP) is 3.53. The minimum atomic E-state index is -0.558. The van der Waals surface area contributed by atoms with Gasteiger partial charge in [0.2, 0.25) is 0 Å². The van der Waals surface area contributed by atoms with Crippen molar-refractivity contribution in [3.05, 3.63) is 64.9 Å². The van der Waals surface area contributed by atoms with Gasteiger partial charge in [0.25, 0.3) is 0 Å². The van der Waals surface area contributed by atoms with Crippen LogP contribution in [0, 0.1) is 5.82 Å². The highest BCUT2D eigenvalue weighted by atomic mass is 35.5. The number of nitrogens with zero attached hydrogens (tertiary/aromatic N) is 2. The van der Waals surface area contributed by atoms with Crippen LogP contribution >= 0.6 is 11.6 Å². The van der Waals surface area contributed by atoms with E-state index in [-0.39, 0.29) is 5.82 Å². The molecule has 108 valence electrons. The minimum Gasteiger partial charge on any atom is -0.369 e. The van der Waals surface area contributed by atoms with Gasteiger partial charge in [-0.2, -0.15) is 0 Å². The summed E-state index contributed by atoms with van der Waals surface area (Å²) in [6.45, 7) is 2.43. The molecule has 3 rings (SSSR count). The maximum absolute atomic E-state index is 13.6. The Morgan fingerprint density at radius 1 is 1.24 bits per heavy atom. The molecule has 5 heteroatoms. The van der Waals surface area contributed by atoms with E-state index < -0.39 is 5.54 Å². The van der Waals surface area contributed by atoms with Crippen molar-refractivity contribution < 1.29 is 4.39 Å². The van der Waals surface area contributed by atoms with Gasteiger partial charge in [-0.1, -0.05) is 35.9 Å². The molecule has 2 N–H and O–H groups in total. The quantitative estimate of drug-likeness (QED) is 0.922. The highest BCUT2D eigenvalue weighted by Crippen LogP contribution is 2.39. The van der Waals surface area contributed by atoms with Crippen molar-refractivity contribution in [3.63, 3.8) is 0 Å². The van der Waals surface area contributed by atoms with Gasteiger partial charge in [-0.25, -0.2) is 4.39 Å². The smallest absolute Gasteiger partial charge is 0.196 e. The lowest BCUT2D eigenvalue weighted by Gasteiger charge is -2.37. The highest BCUT2D eigenvalue weighted by Gasteiger charge is 2.41. The lowest BCUT2D eigenvalue weighted by Crippen LogP contribution is -2.48. The number of benzene rings is 2. The first kappa shape index (κ1) is 13.9. The number of para-hydroxylation sites is 1. The van der Waals surface area contributed by atoms with Gasteiger partial charge in [-0.15, -0.1) is 0 Å². The molecular weight excluding hydrogens is 289 g/mol. The largest absolute Gasteiger partial charge is 0.369 e. The lowest BCUT2D eigenvalue weighted by atomic mass is 9.90. The molecule has 1 unspecified atom stereocenters. The average molecular weight is 304 g/mol. The molecule has 21 heavy (non-hydrogen) atoms. The summed E-state index contributed by atoms with van der Waals surface area (Å²) < 4.78 is 13.6. The molecular formula is C16H15ClFN3. The van der Waals surface area contributed by atoms with E-state index in [2.05, 4.69) is 4.99 Å². The zero-order valence-corrected chi connectivity index (χ0v) is 12.3. The summed E-state index contributed by atoms with van der Waals surface area (Å²) in [6.07, 6.45) is 0. The van der Waals surface area contributed by atoms with Crippen LogP contribution in [0.3, 0.4) is 0 Å². The van der Waals surface area contributed by atoms with Crippen molar-refractivity contribution in [1.29, 1.82) is 0 Å². The third kappa shape index (κ3) is 2.25. The summed E-state index contributed by atoms with van der Waals surface area (Å²) in [5, 5.41) is 0.583. The van der Waals surface area contributed by atoms with E-state index in [1.165, 1.54) is 12.1 Å². The van der Waals surface area contributed by atoms with E-state index in [0.29, 0.717) is 17.5 Å². The Balaban J connectivity index is 2.13. The zero-order valence-electron chi connectivity index (χ0n) is 11.6. The van der Waals surface area contributed by atoms with Gasteiger partial charge in [0, 0.05) is 0 Å². The van der Waals surface area contributed by atoms with Crippen molar-refractivity contribution in [3.8, 4) is 0 Å². The fourth-order valence-electron chi connectivity index (χ4n) is 2.70. The van der Waals surface area contributed by atoms with Gasteiger partial charge >= 0.3 is 0 Å². The fourth-order valence-corrected chi connectivity index (χ4v) is 2.92. The van der Waals surface area contributed by atoms with E-state index >= 15 is 0 Å². The van der Waals surface area contributed by atoms with E-state index in [1.54, 1.807) is 12.1 Å². The first-order chi connectivity index (χ1) is 10.0. The average Bonchev–Trinajstić information content (AvgIpc) is 2.77. The molecule has 0 radical (unpaired) electrons. The molecule has 3 nitrogen and oxygen atoms in total. The Kier molecular flexibility index (Phi) is 3.33. The van der Waals surface area contributed by atoms with Crippen LogP contribution in [-0.2, 0) is 5.54 Å². The van der Waals surface area contributed by atoms with Crippen LogP contribution in [0.2, 0.25) is 5.02 Å². The predicted molar refractivity (Wildman–Crippen MR) is 84.2 cm³/mol. The maximum atomic E-state index is 13.6. The second kappa shape index (κ2) is 5.04. The number of anilines is 1. The number of hydrogen-bond acceptors (Lipinski definition) is 3. The third-order valence-corrected chi connectivity index (χ3v) is 4.13. The molecule has 0 saturated heterocycles. The van der Waals surface area contributed by atoms with Crippen LogP contribution in [0.4, 0.5) is 10.1 Å². The highest BCUT2D eigenvalue weighted by molar-refractivity contribution is 6.34. The van der Waals surface area contributed by atoms with Crippen LogP contribution in [0.5, 0.6) is 0 Å². The molecule has 1 aliphatic rings. The second-order valence-electron chi connectivity index (χ2n) is 5.25. The number of guanidine groups is 1. The number of halogens is 2. The second-order valence-corrected chi connectivity index (χ2v) is 5.65. The van der Waals surface area contributed by atoms with Gasteiger partial charge in [0.15, 0.2) is 5.96 Å². The van der Waals surface area contributed by atoms with Gasteiger partial charge in [0.1, 0.15) is 5.82 Å². The maximum Gasteiger partial charge on any atom is 0.196 e. The van der Waals surface area contributed by atoms with Gasteiger partial charge in [-0.3, -0.25) is 9.89 Å². The van der Waals surface area contributed by atoms with Crippen LogP contribution < -0.4 is 10.6 Å². The van der Waals surface area contributed by atoms with Crippen LogP contribution in [0.1, 0.15) is 12.5 Å².